The van der Waals surface area contributed by atoms with E-state index in [2.05, 4.69) is 25.7 Å². The molecule has 1 N–H and O–H groups in total. The van der Waals surface area contributed by atoms with Gasteiger partial charge >= 0.3 is 0 Å². The fourth-order valence-corrected chi connectivity index (χ4v) is 4.28. The lowest BCUT2D eigenvalue weighted by Crippen LogP contribution is -2.21. The van der Waals surface area contributed by atoms with Gasteiger partial charge in [0.15, 0.2) is 22.5 Å². The van der Waals surface area contributed by atoms with E-state index in [-0.39, 0.29) is 11.7 Å². The predicted molar refractivity (Wildman–Crippen MR) is 142 cm³/mol. The molecule has 2 heterocycles. The van der Waals surface area contributed by atoms with Gasteiger partial charge in [-0.2, -0.15) is 5.10 Å². The zero-order chi connectivity index (χ0) is 26.2. The molecule has 0 saturated heterocycles. The first kappa shape index (κ1) is 25.7. The summed E-state index contributed by atoms with van der Waals surface area (Å²) in [5.41, 5.74) is 5.70. The number of pyridine rings is 1. The van der Waals surface area contributed by atoms with Crippen LogP contribution in [0.2, 0.25) is 0 Å². The van der Waals surface area contributed by atoms with Crippen molar-refractivity contribution in [1.82, 2.24) is 25.2 Å². The van der Waals surface area contributed by atoms with Crippen LogP contribution in [-0.2, 0) is 4.79 Å². The van der Waals surface area contributed by atoms with E-state index in [0.717, 1.165) is 11.3 Å². The van der Waals surface area contributed by atoms with Gasteiger partial charge in [0, 0.05) is 29.2 Å². The van der Waals surface area contributed by atoms with E-state index >= 15 is 0 Å². The minimum absolute atomic E-state index is 0.0906. The molecule has 0 bridgehead atoms. The second-order valence-corrected chi connectivity index (χ2v) is 8.59. The highest BCUT2D eigenvalue weighted by atomic mass is 32.2. The smallest absolute Gasteiger partial charge is 0.250 e. The molecule has 10 nitrogen and oxygen atoms in total. The fourth-order valence-electron chi connectivity index (χ4n) is 3.54. The Morgan fingerprint density at radius 1 is 0.973 bits per heavy atom. The third kappa shape index (κ3) is 5.89. The maximum absolute atomic E-state index is 12.6. The Hall–Kier alpha value is -4.38. The molecule has 37 heavy (non-hydrogen) atoms. The summed E-state index contributed by atoms with van der Waals surface area (Å²) in [5, 5.41) is 13.5. The Labute approximate surface area is 218 Å². The van der Waals surface area contributed by atoms with Crippen molar-refractivity contribution in [1.29, 1.82) is 0 Å². The highest BCUT2D eigenvalue weighted by Crippen LogP contribution is 2.41. The molecule has 0 aliphatic carbocycles. The van der Waals surface area contributed by atoms with Crippen molar-refractivity contribution in [3.63, 3.8) is 0 Å². The summed E-state index contributed by atoms with van der Waals surface area (Å²) < 4.78 is 18.4. The quantitative estimate of drug-likeness (QED) is 0.191. The van der Waals surface area contributed by atoms with Gasteiger partial charge in [0.1, 0.15) is 0 Å². The first-order valence-electron chi connectivity index (χ1n) is 11.2. The van der Waals surface area contributed by atoms with Gasteiger partial charge in [-0.1, -0.05) is 30.0 Å². The number of hydrazone groups is 1. The standard InChI is InChI=1S/C26H26N6O4S/c1-17(18-10-12-27-13-11-18)28-29-23(33)16-37-26-31-30-25(32(26)20-8-6-5-7-9-20)19-14-21(34-2)24(36-4)22(15-19)35-3/h5-15H,16H2,1-4H3,(H,29,33)/b28-17+. The number of hydrogen-bond acceptors (Lipinski definition) is 9. The second kappa shape index (κ2) is 12.0. The molecule has 0 radical (unpaired) electrons. The number of aromatic nitrogens is 4. The number of amides is 1. The maximum atomic E-state index is 12.6. The Bertz CT molecular complexity index is 1370. The maximum Gasteiger partial charge on any atom is 0.250 e. The summed E-state index contributed by atoms with van der Waals surface area (Å²) in [6.07, 6.45) is 3.35. The minimum Gasteiger partial charge on any atom is -0.493 e. The molecular weight excluding hydrogens is 492 g/mol. The average molecular weight is 519 g/mol. The molecule has 0 aliphatic rings. The number of ether oxygens (including phenoxy) is 3. The van der Waals surface area contributed by atoms with Gasteiger partial charge in [-0.15, -0.1) is 10.2 Å². The minimum atomic E-state index is -0.268. The number of carbonyl (C=O) groups is 1. The summed E-state index contributed by atoms with van der Waals surface area (Å²) in [5.74, 6) is 1.85. The van der Waals surface area contributed by atoms with Crippen LogP contribution < -0.4 is 19.6 Å². The number of methoxy groups -OCH3 is 3. The van der Waals surface area contributed by atoms with E-state index in [1.54, 1.807) is 33.7 Å². The Kier molecular flexibility index (Phi) is 8.37. The number of para-hydroxylation sites is 1. The summed E-state index contributed by atoms with van der Waals surface area (Å²) in [6.45, 7) is 1.82. The van der Waals surface area contributed by atoms with E-state index in [1.165, 1.54) is 11.8 Å². The van der Waals surface area contributed by atoms with Crippen molar-refractivity contribution < 1.29 is 19.0 Å². The van der Waals surface area contributed by atoms with Crippen molar-refractivity contribution in [2.24, 2.45) is 5.10 Å². The third-order valence-electron chi connectivity index (χ3n) is 5.35. The van der Waals surface area contributed by atoms with Gasteiger partial charge in [-0.05, 0) is 43.3 Å². The van der Waals surface area contributed by atoms with Crippen molar-refractivity contribution in [3.8, 4) is 34.3 Å². The number of benzene rings is 2. The molecule has 4 rings (SSSR count). The molecule has 4 aromatic rings. The molecule has 2 aromatic heterocycles. The van der Waals surface area contributed by atoms with E-state index in [9.17, 15) is 4.79 Å². The van der Waals surface area contributed by atoms with Crippen molar-refractivity contribution >= 4 is 23.4 Å². The van der Waals surface area contributed by atoms with Gasteiger partial charge in [-0.3, -0.25) is 14.3 Å². The summed E-state index contributed by atoms with van der Waals surface area (Å²) in [4.78, 5) is 16.5. The van der Waals surface area contributed by atoms with E-state index in [0.29, 0.717) is 39.5 Å². The molecule has 190 valence electrons. The number of rotatable bonds is 10. The van der Waals surface area contributed by atoms with Gasteiger partial charge in [0.05, 0.1) is 32.8 Å². The SMILES string of the molecule is COc1cc(-c2nnc(SCC(=O)N/N=C(\C)c3ccncc3)n2-c2ccccc2)cc(OC)c1OC. The lowest BCUT2D eigenvalue weighted by Gasteiger charge is -2.15. The highest BCUT2D eigenvalue weighted by molar-refractivity contribution is 7.99. The molecule has 0 aliphatic heterocycles. The average Bonchev–Trinajstić information content (AvgIpc) is 3.38. The molecule has 0 atom stereocenters. The molecule has 0 saturated carbocycles. The molecule has 1 amide bonds. The van der Waals surface area contributed by atoms with Crippen LogP contribution in [0, 0.1) is 0 Å². The van der Waals surface area contributed by atoms with Crippen LogP contribution in [-0.4, -0.2) is 58.4 Å². The van der Waals surface area contributed by atoms with Crippen LogP contribution in [0.3, 0.4) is 0 Å². The van der Waals surface area contributed by atoms with Gasteiger partial charge in [0.2, 0.25) is 5.75 Å². The van der Waals surface area contributed by atoms with Gasteiger partial charge in [0.25, 0.3) is 5.91 Å². The Balaban J connectivity index is 1.62. The van der Waals surface area contributed by atoms with Gasteiger partial charge < -0.3 is 14.2 Å². The molecule has 0 fully saturated rings. The van der Waals surface area contributed by atoms with Crippen LogP contribution in [0.25, 0.3) is 17.1 Å². The number of nitrogens with one attached hydrogen (secondary N) is 1. The lowest BCUT2D eigenvalue weighted by atomic mass is 10.1. The van der Waals surface area contributed by atoms with Gasteiger partial charge in [-0.25, -0.2) is 5.43 Å². The zero-order valence-corrected chi connectivity index (χ0v) is 21.7. The molecular formula is C26H26N6O4S. The van der Waals surface area contributed by atoms with Crippen LogP contribution in [0.5, 0.6) is 17.2 Å². The molecule has 0 spiro atoms. The molecule has 2 aromatic carbocycles. The second-order valence-electron chi connectivity index (χ2n) is 7.65. The number of nitrogens with zero attached hydrogens (tertiary/aromatic N) is 5. The predicted octanol–water partition coefficient (Wildman–Crippen LogP) is 3.99. The largest absolute Gasteiger partial charge is 0.493 e. The van der Waals surface area contributed by atoms with Crippen LogP contribution in [0.1, 0.15) is 12.5 Å². The van der Waals surface area contributed by atoms with Crippen molar-refractivity contribution in [3.05, 3.63) is 72.6 Å². The number of carbonyl (C=O) groups excluding carboxylic acids is 1. The number of thioether (sulfide) groups is 1. The lowest BCUT2D eigenvalue weighted by molar-refractivity contribution is -0.118. The first-order chi connectivity index (χ1) is 18.0. The molecule has 0 unspecified atom stereocenters. The Morgan fingerprint density at radius 3 is 2.27 bits per heavy atom. The third-order valence-corrected chi connectivity index (χ3v) is 6.28. The first-order valence-corrected chi connectivity index (χ1v) is 12.2. The fraction of sp³-hybridized carbons (Fsp3) is 0.192. The summed E-state index contributed by atoms with van der Waals surface area (Å²) in [7, 11) is 4.67. The van der Waals surface area contributed by atoms with E-state index in [1.807, 2.05) is 66.1 Å². The van der Waals surface area contributed by atoms with E-state index in [4.69, 9.17) is 14.2 Å². The number of hydrogen-bond donors (Lipinski definition) is 1. The summed E-state index contributed by atoms with van der Waals surface area (Å²) in [6, 6.07) is 16.9. The van der Waals surface area contributed by atoms with Crippen molar-refractivity contribution in [2.45, 2.75) is 12.1 Å². The molecule has 11 heteroatoms. The zero-order valence-electron chi connectivity index (χ0n) is 20.8. The van der Waals surface area contributed by atoms with Crippen LogP contribution in [0.15, 0.2) is 77.2 Å². The normalized spacial score (nSPS) is 11.2. The highest BCUT2D eigenvalue weighted by Gasteiger charge is 2.21. The monoisotopic (exact) mass is 518 g/mol. The topological polar surface area (TPSA) is 113 Å². The van der Waals surface area contributed by atoms with Crippen LogP contribution >= 0.6 is 11.8 Å². The van der Waals surface area contributed by atoms with Crippen molar-refractivity contribution in [2.75, 3.05) is 27.1 Å². The summed E-state index contributed by atoms with van der Waals surface area (Å²) >= 11 is 1.25. The van der Waals surface area contributed by atoms with Crippen LogP contribution in [0.4, 0.5) is 0 Å². The van der Waals surface area contributed by atoms with E-state index < -0.39 is 0 Å². The Morgan fingerprint density at radius 2 is 1.65 bits per heavy atom.